The highest BCUT2D eigenvalue weighted by Crippen LogP contribution is 2.34. The smallest absolute Gasteiger partial charge is 0.348 e. The fraction of sp³-hybridized carbons (Fsp3) is 0.320. The maximum Gasteiger partial charge on any atom is 0.348 e. The van der Waals surface area contributed by atoms with Crippen LogP contribution in [0.2, 0.25) is 0 Å². The number of nitrogens with one attached hydrogen (secondary N) is 1. The van der Waals surface area contributed by atoms with Gasteiger partial charge in [-0.3, -0.25) is 4.79 Å². The molecule has 208 valence electrons. The molecule has 0 radical (unpaired) electrons. The summed E-state index contributed by atoms with van der Waals surface area (Å²) in [6, 6.07) is 8.02. The van der Waals surface area contributed by atoms with Gasteiger partial charge in [0.2, 0.25) is 5.91 Å². The molecule has 0 saturated heterocycles. The van der Waals surface area contributed by atoms with Gasteiger partial charge in [0.25, 0.3) is 0 Å². The molecule has 0 aliphatic rings. The van der Waals surface area contributed by atoms with Gasteiger partial charge in [0, 0.05) is 6.54 Å². The first-order valence-electron chi connectivity index (χ1n) is 11.8. The molecule has 0 aliphatic carbocycles. The molecule has 0 unspecified atom stereocenters. The fourth-order valence-corrected chi connectivity index (χ4v) is 6.62. The zero-order valence-electron chi connectivity index (χ0n) is 21.6. The molecule has 1 amide bonds. The quantitative estimate of drug-likeness (QED) is 0.176. The number of anilines is 1. The van der Waals surface area contributed by atoms with Gasteiger partial charge < -0.3 is 19.4 Å². The predicted molar refractivity (Wildman–Crippen MR) is 148 cm³/mol. The molecule has 2 heterocycles. The maximum absolute atomic E-state index is 12.9. The van der Waals surface area contributed by atoms with Crippen LogP contribution in [0.1, 0.15) is 45.3 Å². The summed E-state index contributed by atoms with van der Waals surface area (Å²) < 4.78 is 37.4. The topological polar surface area (TPSA) is 147 Å². The Balaban J connectivity index is 1.78. The summed E-state index contributed by atoms with van der Waals surface area (Å²) in [7, 11) is -3.67. The molecule has 14 heteroatoms. The highest BCUT2D eigenvalue weighted by Gasteiger charge is 2.28. The molecule has 3 rings (SSSR count). The van der Waals surface area contributed by atoms with E-state index in [1.54, 1.807) is 49.6 Å². The number of esters is 2. The van der Waals surface area contributed by atoms with E-state index in [-0.39, 0.29) is 57.4 Å². The van der Waals surface area contributed by atoms with Crippen molar-refractivity contribution in [1.29, 1.82) is 0 Å². The minimum Gasteiger partial charge on any atom is -0.462 e. The monoisotopic (exact) mass is 592 g/mol. The summed E-state index contributed by atoms with van der Waals surface area (Å²) >= 11 is 1.97. The zero-order chi connectivity index (χ0) is 28.6. The van der Waals surface area contributed by atoms with Gasteiger partial charge in [-0.15, -0.1) is 28.1 Å². The molecule has 0 spiro atoms. The average molecular weight is 593 g/mol. The van der Waals surface area contributed by atoms with E-state index in [0.29, 0.717) is 10.7 Å². The number of sulfone groups is 1. The normalized spacial score (nSPS) is 11.2. The molecule has 11 nitrogen and oxygen atoms in total. The molecule has 0 atom stereocenters. The Morgan fingerprint density at radius 2 is 1.77 bits per heavy atom. The van der Waals surface area contributed by atoms with E-state index in [1.165, 1.54) is 12.1 Å². The number of amides is 1. The number of benzene rings is 1. The average Bonchev–Trinajstić information content (AvgIpc) is 3.43. The van der Waals surface area contributed by atoms with Crippen molar-refractivity contribution in [1.82, 2.24) is 14.8 Å². The minimum atomic E-state index is -3.67. The van der Waals surface area contributed by atoms with Crippen LogP contribution in [0.5, 0.6) is 0 Å². The summed E-state index contributed by atoms with van der Waals surface area (Å²) in [6.45, 7) is 9.12. The third kappa shape index (κ3) is 7.34. The van der Waals surface area contributed by atoms with Crippen LogP contribution in [0, 0.1) is 6.92 Å². The lowest BCUT2D eigenvalue weighted by atomic mass is 10.1. The van der Waals surface area contributed by atoms with Crippen LogP contribution in [0.15, 0.2) is 53.0 Å². The lowest BCUT2D eigenvalue weighted by Crippen LogP contribution is -2.17. The lowest BCUT2D eigenvalue weighted by Gasteiger charge is -2.09. The zero-order valence-corrected chi connectivity index (χ0v) is 24.1. The van der Waals surface area contributed by atoms with E-state index in [2.05, 4.69) is 22.1 Å². The van der Waals surface area contributed by atoms with Crippen molar-refractivity contribution < 1.29 is 32.3 Å². The Labute approximate surface area is 234 Å². The van der Waals surface area contributed by atoms with E-state index in [9.17, 15) is 22.8 Å². The van der Waals surface area contributed by atoms with E-state index in [1.807, 2.05) is 0 Å². The van der Waals surface area contributed by atoms with Crippen molar-refractivity contribution in [3.8, 4) is 0 Å². The fourth-order valence-electron chi connectivity index (χ4n) is 3.46. The summed E-state index contributed by atoms with van der Waals surface area (Å²) in [5.41, 5.74) is 0.446. The van der Waals surface area contributed by atoms with Gasteiger partial charge in [0.05, 0.1) is 29.4 Å². The Morgan fingerprint density at radius 1 is 1.10 bits per heavy atom. The number of rotatable bonds is 13. The second-order valence-electron chi connectivity index (χ2n) is 7.91. The van der Waals surface area contributed by atoms with Crippen molar-refractivity contribution in [2.45, 2.75) is 43.1 Å². The number of aromatic nitrogens is 3. The largest absolute Gasteiger partial charge is 0.462 e. The molecular weight excluding hydrogens is 564 g/mol. The van der Waals surface area contributed by atoms with Crippen LogP contribution >= 0.6 is 23.1 Å². The maximum atomic E-state index is 12.9. The van der Waals surface area contributed by atoms with Crippen LogP contribution < -0.4 is 5.32 Å². The number of allylic oxidation sites excluding steroid dienone is 1. The molecule has 0 aliphatic heterocycles. The van der Waals surface area contributed by atoms with Gasteiger partial charge in [-0.1, -0.05) is 36.0 Å². The highest BCUT2D eigenvalue weighted by atomic mass is 32.2. The second-order valence-corrected chi connectivity index (χ2v) is 11.9. The van der Waals surface area contributed by atoms with Crippen molar-refractivity contribution in [3.63, 3.8) is 0 Å². The van der Waals surface area contributed by atoms with Crippen LogP contribution in [0.4, 0.5) is 5.00 Å². The van der Waals surface area contributed by atoms with Crippen LogP contribution in [0.25, 0.3) is 0 Å². The number of hydrogen-bond acceptors (Lipinski definition) is 11. The Hall–Kier alpha value is -3.49. The first kappa shape index (κ1) is 30.1. The third-order valence-corrected chi connectivity index (χ3v) is 8.98. The minimum absolute atomic E-state index is 0.0893. The number of thioether (sulfide) groups is 1. The Bertz CT molecular complexity index is 1460. The van der Waals surface area contributed by atoms with Gasteiger partial charge in [-0.05, 0) is 38.5 Å². The summed E-state index contributed by atoms with van der Waals surface area (Å²) in [5.74, 6) is -2.04. The summed E-state index contributed by atoms with van der Waals surface area (Å²) in [4.78, 5) is 38.1. The molecule has 0 saturated carbocycles. The molecule has 1 N–H and O–H groups in total. The SMILES string of the molecule is C=CCn1c(CS(=O)(=O)c2ccccc2)nnc1SCC(=O)Nc1sc(C(=O)OCC)c(C)c1C(=O)OCC. The lowest BCUT2D eigenvalue weighted by molar-refractivity contribution is -0.113. The molecule has 3 aromatic rings. The first-order valence-corrected chi connectivity index (χ1v) is 15.3. The number of carbonyl (C=O) groups excluding carboxylic acids is 3. The number of ether oxygens (including phenoxy) is 2. The number of hydrogen-bond donors (Lipinski definition) is 1. The van der Waals surface area contributed by atoms with Crippen LogP contribution in [-0.2, 0) is 36.4 Å². The molecular formula is C25H28N4O7S3. The number of thiophene rings is 1. The van der Waals surface area contributed by atoms with Gasteiger partial charge in [-0.25, -0.2) is 18.0 Å². The van der Waals surface area contributed by atoms with E-state index in [4.69, 9.17) is 9.47 Å². The van der Waals surface area contributed by atoms with Gasteiger partial charge in [0.15, 0.2) is 15.0 Å². The van der Waals surface area contributed by atoms with E-state index >= 15 is 0 Å². The Kier molecular flexibility index (Phi) is 10.4. The van der Waals surface area contributed by atoms with Crippen molar-refractivity contribution >= 4 is 55.8 Å². The summed E-state index contributed by atoms with van der Waals surface area (Å²) in [5, 5.41) is 11.3. The number of carbonyl (C=O) groups is 3. The number of nitrogens with zero attached hydrogens (tertiary/aromatic N) is 3. The van der Waals surface area contributed by atoms with Gasteiger partial charge in [-0.2, -0.15) is 0 Å². The molecule has 1 aromatic carbocycles. The van der Waals surface area contributed by atoms with Crippen LogP contribution in [0.3, 0.4) is 0 Å². The molecule has 2 aromatic heterocycles. The van der Waals surface area contributed by atoms with Crippen molar-refractivity contribution in [2.24, 2.45) is 0 Å². The summed E-state index contributed by atoms with van der Waals surface area (Å²) in [6.07, 6.45) is 1.57. The molecule has 39 heavy (non-hydrogen) atoms. The van der Waals surface area contributed by atoms with Crippen LogP contribution in [-0.4, -0.2) is 60.0 Å². The Morgan fingerprint density at radius 3 is 2.41 bits per heavy atom. The van der Waals surface area contributed by atoms with Gasteiger partial charge in [0.1, 0.15) is 21.5 Å². The third-order valence-electron chi connectivity index (χ3n) is 5.20. The molecule has 0 fully saturated rings. The van der Waals surface area contributed by atoms with Crippen molar-refractivity contribution in [2.75, 3.05) is 24.3 Å². The van der Waals surface area contributed by atoms with E-state index in [0.717, 1.165) is 23.1 Å². The van der Waals surface area contributed by atoms with Crippen molar-refractivity contribution in [3.05, 3.63) is 64.8 Å². The highest BCUT2D eigenvalue weighted by molar-refractivity contribution is 7.99. The molecule has 0 bridgehead atoms. The standard InChI is InChI=1S/C25H28N4O7S3/c1-5-13-29-18(15-39(33,34)17-11-9-8-10-12-17)27-28-25(29)37-14-19(30)26-22-20(23(31)35-6-2)16(4)21(38-22)24(32)36-7-3/h5,8-12H,1,6-7,13-15H2,2-4H3,(H,26,30). The first-order chi connectivity index (χ1) is 18.6. The van der Waals surface area contributed by atoms with E-state index < -0.39 is 27.7 Å². The predicted octanol–water partition coefficient (Wildman–Crippen LogP) is 3.89. The second kappa shape index (κ2) is 13.5. The van der Waals surface area contributed by atoms with Gasteiger partial charge >= 0.3 is 11.9 Å².